The minimum absolute atomic E-state index is 0.297. The van der Waals surface area contributed by atoms with Gasteiger partial charge in [0.05, 0.1) is 23.9 Å². The average Bonchev–Trinajstić information content (AvgIpc) is 3.03. The Morgan fingerprint density at radius 1 is 1.14 bits per heavy atom. The average molecular weight is 310 g/mol. The molecule has 0 saturated heterocycles. The minimum atomic E-state index is -0.452. The third-order valence-corrected chi connectivity index (χ3v) is 3.99. The molecule has 0 aliphatic heterocycles. The number of hydrogen-bond acceptors (Lipinski definition) is 5. The largest absolute Gasteiger partial charge is 0.376 e. The van der Waals surface area contributed by atoms with Crippen LogP contribution < -0.4 is 5.32 Å². The van der Waals surface area contributed by atoms with Crippen LogP contribution in [-0.4, -0.2) is 10.2 Å². The molecule has 4 nitrogen and oxygen atoms in total. The monoisotopic (exact) mass is 310 g/mol. The molecule has 0 saturated carbocycles. The molecule has 0 amide bonds. The Morgan fingerprint density at radius 2 is 1.95 bits per heavy atom. The number of anilines is 1. The maximum Gasteiger partial charge on any atom is 0.147 e. The van der Waals surface area contributed by atoms with Crippen molar-refractivity contribution in [2.45, 2.75) is 6.54 Å². The molecule has 1 N–H and O–H groups in total. The van der Waals surface area contributed by atoms with E-state index in [1.165, 1.54) is 17.4 Å². The summed E-state index contributed by atoms with van der Waals surface area (Å²) < 4.78 is 13.8. The third-order valence-electron chi connectivity index (χ3n) is 3.02. The Hall–Kier alpha value is -2.78. The van der Waals surface area contributed by atoms with Crippen LogP contribution in [0.15, 0.2) is 48.5 Å². The first kappa shape index (κ1) is 14.2. The summed E-state index contributed by atoms with van der Waals surface area (Å²) in [6, 6.07) is 16.0. The van der Waals surface area contributed by atoms with Crippen molar-refractivity contribution < 1.29 is 4.39 Å². The van der Waals surface area contributed by atoms with Gasteiger partial charge >= 0.3 is 0 Å². The molecule has 0 radical (unpaired) electrons. The smallest absolute Gasteiger partial charge is 0.147 e. The minimum Gasteiger partial charge on any atom is -0.376 e. The highest BCUT2D eigenvalue weighted by Gasteiger charge is 2.08. The molecule has 22 heavy (non-hydrogen) atoms. The Morgan fingerprint density at radius 3 is 2.68 bits per heavy atom. The first-order valence-corrected chi connectivity index (χ1v) is 7.39. The lowest BCUT2D eigenvalue weighted by Gasteiger charge is -2.05. The molecule has 0 fully saturated rings. The van der Waals surface area contributed by atoms with E-state index in [9.17, 15) is 4.39 Å². The number of benzene rings is 2. The predicted octanol–water partition coefficient (Wildman–Crippen LogP) is 3.83. The van der Waals surface area contributed by atoms with Crippen LogP contribution in [0.3, 0.4) is 0 Å². The van der Waals surface area contributed by atoms with Crippen LogP contribution in [0.25, 0.3) is 10.6 Å². The standard InChI is InChI=1S/C16H11FN4S/c17-13-8-11(9-18)6-7-14(13)19-10-15-20-21-16(22-15)12-4-2-1-3-5-12/h1-8,19H,10H2. The van der Waals surface area contributed by atoms with Gasteiger partial charge in [0.2, 0.25) is 0 Å². The van der Waals surface area contributed by atoms with Crippen molar-refractivity contribution in [2.24, 2.45) is 0 Å². The fourth-order valence-electron chi connectivity index (χ4n) is 1.92. The normalized spacial score (nSPS) is 10.2. The van der Waals surface area contributed by atoms with Crippen LogP contribution in [0.1, 0.15) is 10.6 Å². The van der Waals surface area contributed by atoms with E-state index < -0.39 is 5.82 Å². The lowest BCUT2D eigenvalue weighted by atomic mass is 10.2. The molecule has 0 bridgehead atoms. The number of nitrogens with zero attached hydrogens (tertiary/aromatic N) is 3. The van der Waals surface area contributed by atoms with Crippen molar-refractivity contribution in [3.05, 3.63) is 64.9 Å². The molecule has 108 valence electrons. The summed E-state index contributed by atoms with van der Waals surface area (Å²) in [5, 5.41) is 21.5. The number of aromatic nitrogens is 2. The van der Waals surface area contributed by atoms with Gasteiger partial charge in [-0.3, -0.25) is 0 Å². The first-order valence-electron chi connectivity index (χ1n) is 6.57. The number of hydrogen-bond donors (Lipinski definition) is 1. The van der Waals surface area contributed by atoms with Gasteiger partial charge in [0, 0.05) is 5.56 Å². The van der Waals surface area contributed by atoms with Crippen LogP contribution >= 0.6 is 11.3 Å². The summed E-state index contributed by atoms with van der Waals surface area (Å²) in [6.07, 6.45) is 0. The van der Waals surface area contributed by atoms with E-state index in [1.807, 2.05) is 36.4 Å². The Labute approximate surface area is 130 Å². The van der Waals surface area contributed by atoms with Crippen molar-refractivity contribution in [2.75, 3.05) is 5.32 Å². The number of nitriles is 1. The predicted molar refractivity (Wildman–Crippen MR) is 83.8 cm³/mol. The van der Waals surface area contributed by atoms with E-state index in [0.717, 1.165) is 15.6 Å². The van der Waals surface area contributed by atoms with E-state index in [-0.39, 0.29) is 0 Å². The van der Waals surface area contributed by atoms with Gasteiger partial charge in [0.15, 0.2) is 0 Å². The van der Waals surface area contributed by atoms with Crippen LogP contribution in [0.4, 0.5) is 10.1 Å². The molecular weight excluding hydrogens is 299 g/mol. The molecule has 3 aromatic rings. The topological polar surface area (TPSA) is 61.6 Å². The van der Waals surface area contributed by atoms with Crippen molar-refractivity contribution in [3.63, 3.8) is 0 Å². The molecule has 1 aromatic heterocycles. The zero-order valence-electron chi connectivity index (χ0n) is 11.5. The highest BCUT2D eigenvalue weighted by molar-refractivity contribution is 7.14. The lowest BCUT2D eigenvalue weighted by molar-refractivity contribution is 0.629. The number of rotatable bonds is 4. The highest BCUT2D eigenvalue weighted by Crippen LogP contribution is 2.24. The van der Waals surface area contributed by atoms with E-state index in [2.05, 4.69) is 15.5 Å². The van der Waals surface area contributed by atoms with E-state index in [0.29, 0.717) is 17.8 Å². The van der Waals surface area contributed by atoms with Crippen LogP contribution in [0, 0.1) is 17.1 Å². The highest BCUT2D eigenvalue weighted by atomic mass is 32.1. The van der Waals surface area contributed by atoms with Crippen molar-refractivity contribution in [1.82, 2.24) is 10.2 Å². The van der Waals surface area contributed by atoms with Crippen molar-refractivity contribution >= 4 is 17.0 Å². The van der Waals surface area contributed by atoms with Crippen molar-refractivity contribution in [1.29, 1.82) is 5.26 Å². The number of halogens is 1. The molecule has 3 rings (SSSR count). The van der Waals surface area contributed by atoms with E-state index in [4.69, 9.17) is 5.26 Å². The van der Waals surface area contributed by atoms with Gasteiger partial charge in [-0.25, -0.2) is 4.39 Å². The second-order valence-electron chi connectivity index (χ2n) is 4.53. The summed E-state index contributed by atoms with van der Waals surface area (Å²) >= 11 is 1.46. The Kier molecular flexibility index (Phi) is 4.08. The van der Waals surface area contributed by atoms with Crippen LogP contribution in [0.5, 0.6) is 0 Å². The zero-order chi connectivity index (χ0) is 15.4. The Bertz CT molecular complexity index is 824. The first-order chi connectivity index (χ1) is 10.8. The summed E-state index contributed by atoms with van der Waals surface area (Å²) in [7, 11) is 0. The zero-order valence-corrected chi connectivity index (χ0v) is 12.3. The van der Waals surface area contributed by atoms with Gasteiger partial charge in [0.1, 0.15) is 15.8 Å². The summed E-state index contributed by atoms with van der Waals surface area (Å²) in [4.78, 5) is 0. The lowest BCUT2D eigenvalue weighted by Crippen LogP contribution is -2.01. The molecule has 0 aliphatic rings. The Balaban J connectivity index is 1.70. The van der Waals surface area contributed by atoms with Gasteiger partial charge in [-0.15, -0.1) is 10.2 Å². The quantitative estimate of drug-likeness (QED) is 0.795. The van der Waals surface area contributed by atoms with Crippen LogP contribution in [0.2, 0.25) is 0 Å². The van der Waals surface area contributed by atoms with Gasteiger partial charge in [0.25, 0.3) is 0 Å². The second-order valence-corrected chi connectivity index (χ2v) is 5.59. The molecule has 1 heterocycles. The van der Waals surface area contributed by atoms with E-state index >= 15 is 0 Å². The number of nitrogens with one attached hydrogen (secondary N) is 1. The van der Waals surface area contributed by atoms with E-state index in [1.54, 1.807) is 12.1 Å². The van der Waals surface area contributed by atoms with Gasteiger partial charge < -0.3 is 5.32 Å². The molecule has 6 heteroatoms. The molecule has 0 spiro atoms. The molecular formula is C16H11FN4S. The van der Waals surface area contributed by atoms with Gasteiger partial charge in [-0.2, -0.15) is 5.26 Å². The third kappa shape index (κ3) is 3.10. The maximum absolute atomic E-state index is 13.8. The fraction of sp³-hybridized carbons (Fsp3) is 0.0625. The van der Waals surface area contributed by atoms with Crippen LogP contribution in [-0.2, 0) is 6.54 Å². The molecule has 0 unspecified atom stereocenters. The fourth-order valence-corrected chi connectivity index (χ4v) is 2.71. The summed E-state index contributed by atoms with van der Waals surface area (Å²) in [5.74, 6) is -0.452. The molecule has 0 atom stereocenters. The van der Waals surface area contributed by atoms with Gasteiger partial charge in [-0.05, 0) is 18.2 Å². The summed E-state index contributed by atoms with van der Waals surface area (Å²) in [6.45, 7) is 0.382. The van der Waals surface area contributed by atoms with Gasteiger partial charge in [-0.1, -0.05) is 41.7 Å². The molecule has 0 aliphatic carbocycles. The second kappa shape index (κ2) is 6.33. The SMILES string of the molecule is N#Cc1ccc(NCc2nnc(-c3ccccc3)s2)c(F)c1. The maximum atomic E-state index is 13.8. The van der Waals surface area contributed by atoms with Crippen molar-refractivity contribution in [3.8, 4) is 16.6 Å². The summed E-state index contributed by atoms with van der Waals surface area (Å²) in [5.41, 5.74) is 1.65. The molecule has 2 aromatic carbocycles.